The van der Waals surface area contributed by atoms with Gasteiger partial charge in [-0.05, 0) is 23.3 Å². The van der Waals surface area contributed by atoms with Crippen LogP contribution >= 0.6 is 0 Å². The number of ether oxygens (including phenoxy) is 2. The fraction of sp³-hybridized carbons (Fsp3) is 0.333. The highest BCUT2D eigenvalue weighted by atomic mass is 16.6. The van der Waals surface area contributed by atoms with Gasteiger partial charge in [0.2, 0.25) is 0 Å². The Balaban J connectivity index is 1.44. The summed E-state index contributed by atoms with van der Waals surface area (Å²) in [6, 6.07) is 17.2. The van der Waals surface area contributed by atoms with E-state index >= 15 is 0 Å². The molecule has 0 aromatic heterocycles. The number of carbonyl (C=O) groups excluding carboxylic acids is 2. The van der Waals surface area contributed by atoms with Crippen LogP contribution in [0.5, 0.6) is 0 Å². The Morgan fingerprint density at radius 1 is 1.08 bits per heavy atom. The van der Waals surface area contributed by atoms with Gasteiger partial charge in [0.15, 0.2) is 0 Å². The van der Waals surface area contributed by atoms with Crippen LogP contribution in [0, 0.1) is 11.8 Å². The van der Waals surface area contributed by atoms with E-state index < -0.39 is 12.1 Å². The van der Waals surface area contributed by atoms with Crippen molar-refractivity contribution in [2.75, 3.05) is 6.61 Å². The van der Waals surface area contributed by atoms with Crippen molar-refractivity contribution in [1.29, 1.82) is 0 Å². The Kier molecular flexibility index (Phi) is 4.47. The van der Waals surface area contributed by atoms with Crippen molar-refractivity contribution in [3.05, 3.63) is 60.2 Å². The van der Waals surface area contributed by atoms with Crippen LogP contribution in [0.1, 0.15) is 23.2 Å². The van der Waals surface area contributed by atoms with Gasteiger partial charge in [0.05, 0.1) is 12.0 Å². The molecule has 134 valence electrons. The molecule has 26 heavy (non-hydrogen) atoms. The summed E-state index contributed by atoms with van der Waals surface area (Å²) in [4.78, 5) is 23.9. The molecule has 1 heterocycles. The maximum atomic E-state index is 12.5. The molecule has 1 aliphatic heterocycles. The molecule has 5 heteroatoms. The van der Waals surface area contributed by atoms with E-state index in [4.69, 9.17) is 9.47 Å². The smallest absolute Gasteiger partial charge is 0.338 e. The Hall–Kier alpha value is -2.66. The van der Waals surface area contributed by atoms with Crippen molar-refractivity contribution in [3.8, 4) is 11.1 Å². The number of rotatable bonds is 4. The zero-order valence-corrected chi connectivity index (χ0v) is 14.2. The lowest BCUT2D eigenvalue weighted by atomic mass is 9.93. The number of fused-ring (bicyclic) bond motifs is 1. The molecule has 2 fully saturated rings. The second kappa shape index (κ2) is 6.92. The van der Waals surface area contributed by atoms with Crippen LogP contribution in [-0.2, 0) is 14.3 Å². The van der Waals surface area contributed by atoms with Crippen LogP contribution in [0.2, 0.25) is 0 Å². The minimum atomic E-state index is -0.426. The van der Waals surface area contributed by atoms with Crippen molar-refractivity contribution in [2.45, 2.75) is 25.0 Å². The molecule has 0 radical (unpaired) electrons. The summed E-state index contributed by atoms with van der Waals surface area (Å²) in [6.45, 7) is -0.122. The highest BCUT2D eigenvalue weighted by Gasteiger charge is 2.51. The van der Waals surface area contributed by atoms with E-state index in [1.54, 1.807) is 12.1 Å². The van der Waals surface area contributed by atoms with E-state index in [0.717, 1.165) is 11.1 Å². The number of benzene rings is 2. The Morgan fingerprint density at radius 3 is 2.46 bits per heavy atom. The normalized spacial score (nSPS) is 27.0. The summed E-state index contributed by atoms with van der Waals surface area (Å²) in [7, 11) is 0. The Bertz CT molecular complexity index is 799. The van der Waals surface area contributed by atoms with Gasteiger partial charge in [-0.25, -0.2) is 4.79 Å². The van der Waals surface area contributed by atoms with Crippen molar-refractivity contribution in [2.24, 2.45) is 11.8 Å². The second-order valence-corrected chi connectivity index (χ2v) is 6.87. The maximum Gasteiger partial charge on any atom is 0.338 e. The van der Waals surface area contributed by atoms with Gasteiger partial charge in [-0.3, -0.25) is 4.79 Å². The monoisotopic (exact) mass is 352 g/mol. The van der Waals surface area contributed by atoms with E-state index in [-0.39, 0.29) is 36.9 Å². The zero-order valence-electron chi connectivity index (χ0n) is 14.2. The summed E-state index contributed by atoms with van der Waals surface area (Å²) in [6.07, 6.45) is 0.0628. The molecule has 4 atom stereocenters. The van der Waals surface area contributed by atoms with Gasteiger partial charge in [-0.2, -0.15) is 0 Å². The first kappa shape index (κ1) is 16.8. The maximum absolute atomic E-state index is 12.5. The van der Waals surface area contributed by atoms with Crippen LogP contribution in [0.15, 0.2) is 54.6 Å². The third-order valence-electron chi connectivity index (χ3n) is 5.35. The molecule has 2 aromatic carbocycles. The summed E-state index contributed by atoms with van der Waals surface area (Å²) >= 11 is 0. The van der Waals surface area contributed by atoms with E-state index in [0.29, 0.717) is 12.0 Å². The van der Waals surface area contributed by atoms with Crippen LogP contribution in [0.4, 0.5) is 0 Å². The molecule has 2 unspecified atom stereocenters. The van der Waals surface area contributed by atoms with E-state index in [1.165, 1.54) is 0 Å². The third kappa shape index (κ3) is 3.10. The summed E-state index contributed by atoms with van der Waals surface area (Å²) < 4.78 is 10.9. The van der Waals surface area contributed by atoms with Gasteiger partial charge in [-0.1, -0.05) is 42.5 Å². The molecule has 0 bridgehead atoms. The van der Waals surface area contributed by atoms with Gasteiger partial charge in [0.25, 0.3) is 0 Å². The molecular weight excluding hydrogens is 332 g/mol. The number of esters is 2. The quantitative estimate of drug-likeness (QED) is 0.857. The Labute approximate surface area is 151 Å². The SMILES string of the molecule is O=C1CC2C(C[C@@H](OC(=O)c3ccc(-c4ccccc4)cc3)[C@H]2CO)O1. The summed E-state index contributed by atoms with van der Waals surface area (Å²) in [5.74, 6) is -0.969. The highest BCUT2D eigenvalue weighted by Crippen LogP contribution is 2.42. The lowest BCUT2D eigenvalue weighted by Gasteiger charge is -2.20. The van der Waals surface area contributed by atoms with Crippen molar-refractivity contribution >= 4 is 11.9 Å². The highest BCUT2D eigenvalue weighted by molar-refractivity contribution is 5.90. The molecule has 5 nitrogen and oxygen atoms in total. The van der Waals surface area contributed by atoms with Crippen LogP contribution in [-0.4, -0.2) is 35.9 Å². The first-order chi connectivity index (χ1) is 12.7. The first-order valence-electron chi connectivity index (χ1n) is 8.82. The Morgan fingerprint density at radius 2 is 1.77 bits per heavy atom. The summed E-state index contributed by atoms with van der Waals surface area (Å²) in [5, 5.41) is 9.66. The number of aliphatic hydroxyl groups is 1. The lowest BCUT2D eigenvalue weighted by Crippen LogP contribution is -2.28. The minimum Gasteiger partial charge on any atom is -0.462 e. The van der Waals surface area contributed by atoms with Gasteiger partial charge >= 0.3 is 11.9 Å². The third-order valence-corrected chi connectivity index (χ3v) is 5.35. The van der Waals surface area contributed by atoms with Gasteiger partial charge in [-0.15, -0.1) is 0 Å². The number of hydrogen-bond acceptors (Lipinski definition) is 5. The lowest BCUT2D eigenvalue weighted by molar-refractivity contribution is -0.141. The molecule has 1 saturated heterocycles. The largest absolute Gasteiger partial charge is 0.462 e. The molecule has 4 rings (SSSR count). The second-order valence-electron chi connectivity index (χ2n) is 6.87. The molecule has 1 aliphatic carbocycles. The molecule has 2 aliphatic rings. The average Bonchev–Trinajstić information content (AvgIpc) is 3.17. The molecule has 2 aromatic rings. The predicted molar refractivity (Wildman–Crippen MR) is 94.3 cm³/mol. The fourth-order valence-corrected chi connectivity index (χ4v) is 3.98. The standard InChI is InChI=1S/C21H20O5/c22-12-17-16-10-20(23)25-18(16)11-19(17)26-21(24)15-8-6-14(7-9-15)13-4-2-1-3-5-13/h1-9,16-19,22H,10-12H2/t16?,17-,18?,19+/m0/s1. The van der Waals surface area contributed by atoms with Crippen LogP contribution in [0.25, 0.3) is 11.1 Å². The summed E-state index contributed by atoms with van der Waals surface area (Å²) in [5.41, 5.74) is 2.58. The average molecular weight is 352 g/mol. The van der Waals surface area contributed by atoms with E-state index in [1.807, 2.05) is 42.5 Å². The predicted octanol–water partition coefficient (Wildman–Crippen LogP) is 2.82. The molecule has 0 spiro atoms. The van der Waals surface area contributed by atoms with Crippen molar-refractivity contribution < 1.29 is 24.2 Å². The first-order valence-corrected chi connectivity index (χ1v) is 8.82. The zero-order chi connectivity index (χ0) is 18.1. The van der Waals surface area contributed by atoms with Crippen molar-refractivity contribution in [3.63, 3.8) is 0 Å². The number of hydrogen-bond donors (Lipinski definition) is 1. The fourth-order valence-electron chi connectivity index (χ4n) is 3.98. The topological polar surface area (TPSA) is 72.8 Å². The molecular formula is C21H20O5. The van der Waals surface area contributed by atoms with Gasteiger partial charge in [0, 0.05) is 24.9 Å². The minimum absolute atomic E-state index is 0.0641. The van der Waals surface area contributed by atoms with Gasteiger partial charge < -0.3 is 14.6 Å². The van der Waals surface area contributed by atoms with Crippen molar-refractivity contribution in [1.82, 2.24) is 0 Å². The van der Waals surface area contributed by atoms with E-state index in [9.17, 15) is 14.7 Å². The molecule has 1 N–H and O–H groups in total. The van der Waals surface area contributed by atoms with Gasteiger partial charge in [0.1, 0.15) is 12.2 Å². The number of carbonyl (C=O) groups is 2. The molecule has 1 saturated carbocycles. The molecule has 0 amide bonds. The van der Waals surface area contributed by atoms with Crippen LogP contribution in [0.3, 0.4) is 0 Å². The van der Waals surface area contributed by atoms with E-state index in [2.05, 4.69) is 0 Å². The van der Waals surface area contributed by atoms with Crippen LogP contribution < -0.4 is 0 Å². The number of aliphatic hydroxyl groups excluding tert-OH is 1.